The molecule has 0 spiro atoms. The molecular weight excluding hydrogens is 562 g/mol. The number of piperidine rings is 1. The van der Waals surface area contributed by atoms with Gasteiger partial charge in [0.1, 0.15) is 29.8 Å². The van der Waals surface area contributed by atoms with E-state index in [1.54, 1.807) is 18.1 Å². The first-order valence-electron chi connectivity index (χ1n) is 14.9. The average Bonchev–Trinajstić information content (AvgIpc) is 3.00. The van der Waals surface area contributed by atoms with Crippen molar-refractivity contribution in [2.45, 2.75) is 57.2 Å². The molecule has 0 aromatic heterocycles. The summed E-state index contributed by atoms with van der Waals surface area (Å²) in [5.41, 5.74) is 1.24. The molecule has 0 bridgehead atoms. The van der Waals surface area contributed by atoms with E-state index in [-0.39, 0.29) is 32.3 Å². The van der Waals surface area contributed by atoms with Crippen molar-refractivity contribution in [1.82, 2.24) is 4.90 Å². The number of hydrogen-bond acceptors (Lipinski definition) is 8. The Hall–Kier alpha value is -3.63. The van der Waals surface area contributed by atoms with E-state index in [1.165, 1.54) is 7.11 Å². The third-order valence-corrected chi connectivity index (χ3v) is 7.32. The van der Waals surface area contributed by atoms with E-state index < -0.39 is 30.0 Å². The normalized spacial score (nSPS) is 19.4. The lowest BCUT2D eigenvalue weighted by Gasteiger charge is -2.44. The topological polar surface area (TPSA) is 95.9 Å². The highest BCUT2D eigenvalue weighted by Crippen LogP contribution is 2.36. The first-order chi connectivity index (χ1) is 21.1. The van der Waals surface area contributed by atoms with E-state index in [9.17, 15) is 9.90 Å². The van der Waals surface area contributed by atoms with E-state index in [1.807, 2.05) is 75.4 Å². The molecule has 0 radical (unpaired) electrons. The second-order valence-electron chi connectivity index (χ2n) is 11.9. The van der Waals surface area contributed by atoms with E-state index in [4.69, 9.17) is 28.4 Å². The Morgan fingerprint density at radius 2 is 1.73 bits per heavy atom. The molecule has 1 amide bonds. The van der Waals surface area contributed by atoms with Crippen LogP contribution < -0.4 is 9.47 Å². The number of amides is 1. The maximum absolute atomic E-state index is 13.3. The molecule has 0 unspecified atom stereocenters. The smallest absolute Gasteiger partial charge is 0.410 e. The van der Waals surface area contributed by atoms with Crippen molar-refractivity contribution in [2.75, 3.05) is 47.1 Å². The van der Waals surface area contributed by atoms with E-state index in [0.717, 1.165) is 27.6 Å². The third-order valence-electron chi connectivity index (χ3n) is 7.32. The summed E-state index contributed by atoms with van der Waals surface area (Å²) in [7, 11) is 3.18. The number of aliphatic hydroxyl groups excluding tert-OH is 1. The molecule has 3 aromatic carbocycles. The number of likely N-dealkylation sites (tertiary alicyclic amines) is 1. The molecule has 1 saturated heterocycles. The molecule has 1 fully saturated rings. The molecular formula is C35H45NO8. The molecule has 1 aliphatic rings. The lowest BCUT2D eigenvalue weighted by atomic mass is 9.84. The fraction of sp³-hybridized carbons (Fsp3) is 0.457. The highest BCUT2D eigenvalue weighted by Gasteiger charge is 2.42. The average molecular weight is 608 g/mol. The lowest BCUT2D eigenvalue weighted by molar-refractivity contribution is -0.112. The number of nitrogens with zero attached hydrogens (tertiary/aromatic N) is 1. The fourth-order valence-corrected chi connectivity index (χ4v) is 5.40. The predicted octanol–water partition coefficient (Wildman–Crippen LogP) is 5.73. The van der Waals surface area contributed by atoms with Gasteiger partial charge in [0.25, 0.3) is 0 Å². The molecule has 238 valence electrons. The van der Waals surface area contributed by atoms with Crippen LogP contribution in [0.15, 0.2) is 73.3 Å². The number of benzene rings is 3. The van der Waals surface area contributed by atoms with Crippen molar-refractivity contribution in [3.05, 3.63) is 84.4 Å². The quantitative estimate of drug-likeness (QED) is 0.247. The van der Waals surface area contributed by atoms with Gasteiger partial charge >= 0.3 is 6.09 Å². The standard InChI is InChI=1S/C35H45NO8/c1-7-16-41-28-14-12-25(13-15-28)33-31(42-21-24-17-26-10-8-9-11-29(26)30(18-24)40-6)19-36(34(38)44-35(2,3)4)20-32(33)43-23-27(37)22-39-5/h7-15,17-18,27,31-33,37H,1,16,19-23H2,2-6H3/t27-,31+,32-,33-/m1/s1. The first kappa shape index (κ1) is 33.3. The van der Waals surface area contributed by atoms with Crippen molar-refractivity contribution >= 4 is 16.9 Å². The molecule has 0 aliphatic carbocycles. The van der Waals surface area contributed by atoms with E-state index >= 15 is 0 Å². The van der Waals surface area contributed by atoms with Crippen molar-refractivity contribution < 1.29 is 38.3 Å². The van der Waals surface area contributed by atoms with Gasteiger partial charge in [-0.3, -0.25) is 0 Å². The molecule has 9 nitrogen and oxygen atoms in total. The minimum absolute atomic E-state index is 0.0340. The van der Waals surface area contributed by atoms with Gasteiger partial charge < -0.3 is 38.4 Å². The van der Waals surface area contributed by atoms with Crippen molar-refractivity contribution in [1.29, 1.82) is 0 Å². The zero-order valence-electron chi connectivity index (χ0n) is 26.4. The summed E-state index contributed by atoms with van der Waals surface area (Å²) >= 11 is 0. The number of rotatable bonds is 13. The zero-order chi connectivity index (χ0) is 31.7. The summed E-state index contributed by atoms with van der Waals surface area (Å²) < 4.78 is 35.2. The van der Waals surface area contributed by atoms with Crippen LogP contribution in [-0.4, -0.2) is 87.1 Å². The highest BCUT2D eigenvalue weighted by atomic mass is 16.6. The molecule has 0 saturated carbocycles. The largest absolute Gasteiger partial charge is 0.496 e. The van der Waals surface area contributed by atoms with E-state index in [2.05, 4.69) is 12.6 Å². The molecule has 44 heavy (non-hydrogen) atoms. The maximum atomic E-state index is 13.3. The van der Waals surface area contributed by atoms with Gasteiger partial charge in [0.15, 0.2) is 0 Å². The van der Waals surface area contributed by atoms with Gasteiger partial charge in [-0.1, -0.05) is 49.1 Å². The van der Waals surface area contributed by atoms with Crippen LogP contribution in [0.25, 0.3) is 10.8 Å². The van der Waals surface area contributed by atoms with Gasteiger partial charge in [-0.05, 0) is 61.5 Å². The predicted molar refractivity (Wildman–Crippen MR) is 169 cm³/mol. The number of aliphatic hydroxyl groups is 1. The van der Waals surface area contributed by atoms with Crippen LogP contribution >= 0.6 is 0 Å². The van der Waals surface area contributed by atoms with Gasteiger partial charge in [0.05, 0.1) is 52.2 Å². The number of carbonyl (C=O) groups is 1. The van der Waals surface area contributed by atoms with Crippen LogP contribution in [0.1, 0.15) is 37.8 Å². The van der Waals surface area contributed by atoms with Crippen molar-refractivity contribution in [2.24, 2.45) is 0 Å². The number of carbonyl (C=O) groups excluding carboxylic acids is 1. The number of methoxy groups -OCH3 is 2. The van der Waals surface area contributed by atoms with Gasteiger partial charge in [0.2, 0.25) is 0 Å². The first-order valence-corrected chi connectivity index (χ1v) is 14.9. The summed E-state index contributed by atoms with van der Waals surface area (Å²) in [6, 6.07) is 19.9. The summed E-state index contributed by atoms with van der Waals surface area (Å²) in [5, 5.41) is 12.5. The van der Waals surface area contributed by atoms with Gasteiger partial charge in [0, 0.05) is 18.4 Å². The maximum Gasteiger partial charge on any atom is 0.410 e. The fourth-order valence-electron chi connectivity index (χ4n) is 5.40. The minimum Gasteiger partial charge on any atom is -0.496 e. The molecule has 1 aliphatic heterocycles. The van der Waals surface area contributed by atoms with Crippen molar-refractivity contribution in [3.63, 3.8) is 0 Å². The number of fused-ring (bicyclic) bond motifs is 1. The zero-order valence-corrected chi connectivity index (χ0v) is 26.4. The molecule has 4 rings (SSSR count). The summed E-state index contributed by atoms with van der Waals surface area (Å²) in [5.74, 6) is 1.22. The molecule has 1 N–H and O–H groups in total. The Kier molecular flexibility index (Phi) is 11.6. The Morgan fingerprint density at radius 3 is 2.39 bits per heavy atom. The SMILES string of the molecule is C=CCOc1ccc([C@@H]2[C@@H](OCc3cc(OC)c4ccccc4c3)CN(C(=O)OC(C)(C)C)C[C@H]2OC[C@H](O)COC)cc1. The van der Waals surface area contributed by atoms with Crippen LogP contribution in [0.4, 0.5) is 4.79 Å². The third kappa shape index (κ3) is 8.95. The van der Waals surface area contributed by atoms with Crippen LogP contribution in [-0.2, 0) is 25.6 Å². The lowest BCUT2D eigenvalue weighted by Crippen LogP contribution is -2.55. The monoisotopic (exact) mass is 607 g/mol. The summed E-state index contributed by atoms with van der Waals surface area (Å²) in [6.45, 7) is 10.6. The van der Waals surface area contributed by atoms with Crippen molar-refractivity contribution in [3.8, 4) is 11.5 Å². The highest BCUT2D eigenvalue weighted by molar-refractivity contribution is 5.89. The Morgan fingerprint density at radius 1 is 1.02 bits per heavy atom. The van der Waals surface area contributed by atoms with Crippen LogP contribution in [0, 0.1) is 0 Å². The van der Waals surface area contributed by atoms with Gasteiger partial charge in [-0.25, -0.2) is 4.79 Å². The second kappa shape index (κ2) is 15.4. The number of ether oxygens (including phenoxy) is 6. The molecule has 3 aromatic rings. The van der Waals surface area contributed by atoms with Crippen LogP contribution in [0.3, 0.4) is 0 Å². The summed E-state index contributed by atoms with van der Waals surface area (Å²) in [4.78, 5) is 14.9. The Labute approximate surface area is 260 Å². The van der Waals surface area contributed by atoms with Crippen LogP contribution in [0.2, 0.25) is 0 Å². The Bertz CT molecular complexity index is 1370. The molecule has 1 heterocycles. The molecule has 9 heteroatoms. The Balaban J connectivity index is 1.67. The molecule has 4 atom stereocenters. The van der Waals surface area contributed by atoms with E-state index in [0.29, 0.717) is 18.9 Å². The van der Waals surface area contributed by atoms with Gasteiger partial charge in [-0.15, -0.1) is 0 Å². The van der Waals surface area contributed by atoms with Gasteiger partial charge in [-0.2, -0.15) is 0 Å². The van der Waals surface area contributed by atoms with Crippen LogP contribution in [0.5, 0.6) is 11.5 Å². The summed E-state index contributed by atoms with van der Waals surface area (Å²) in [6.07, 6.45) is -0.536. The number of hydrogen-bond donors (Lipinski definition) is 1. The second-order valence-corrected chi connectivity index (χ2v) is 11.9. The minimum atomic E-state index is -0.823.